The highest BCUT2D eigenvalue weighted by Crippen LogP contribution is 2.36. The Morgan fingerprint density at radius 3 is 2.44 bits per heavy atom. The van der Waals surface area contributed by atoms with Gasteiger partial charge in [0, 0.05) is 11.6 Å². The summed E-state index contributed by atoms with van der Waals surface area (Å²) >= 11 is 7.72. The van der Waals surface area contributed by atoms with Crippen LogP contribution in [0.3, 0.4) is 0 Å². The zero-order chi connectivity index (χ0) is 24.7. The fraction of sp³-hybridized carbons (Fsp3) is 0.0833. The average molecular weight is 609 g/mol. The van der Waals surface area contributed by atoms with Gasteiger partial charge >= 0.3 is 10.1 Å². The first-order valence-corrected chi connectivity index (χ1v) is 12.6. The van der Waals surface area contributed by atoms with E-state index < -0.39 is 16.0 Å². The number of methoxy groups -OCH3 is 1. The topological polar surface area (TPSA) is 105 Å². The first kappa shape index (κ1) is 25.6. The van der Waals surface area contributed by atoms with Crippen molar-refractivity contribution in [3.8, 4) is 17.6 Å². The van der Waals surface area contributed by atoms with Crippen LogP contribution in [0.5, 0.6) is 11.5 Å². The van der Waals surface area contributed by atoms with Crippen LogP contribution in [-0.4, -0.2) is 21.4 Å². The van der Waals surface area contributed by atoms with Crippen molar-refractivity contribution in [1.29, 1.82) is 5.26 Å². The number of carbonyl (C=O) groups is 1. The van der Waals surface area contributed by atoms with Crippen LogP contribution in [0, 0.1) is 14.9 Å². The number of carbonyl (C=O) groups excluding carboxylic acids is 1. The maximum atomic E-state index is 12.7. The lowest BCUT2D eigenvalue weighted by Gasteiger charge is -2.14. The molecule has 0 fully saturated rings. The lowest BCUT2D eigenvalue weighted by molar-refractivity contribution is -0.117. The predicted octanol–water partition coefficient (Wildman–Crippen LogP) is 4.94. The molecular formula is C24H18ClIN2O5S. The van der Waals surface area contributed by atoms with E-state index >= 15 is 0 Å². The van der Waals surface area contributed by atoms with Gasteiger partial charge in [-0.2, -0.15) is 13.7 Å². The molecule has 1 amide bonds. The molecule has 3 rings (SSSR count). The first-order chi connectivity index (χ1) is 16.2. The maximum Gasteiger partial charge on any atom is 0.339 e. The van der Waals surface area contributed by atoms with Crippen LogP contribution in [0.1, 0.15) is 11.1 Å². The van der Waals surface area contributed by atoms with Gasteiger partial charge in [-0.15, -0.1) is 0 Å². The molecule has 0 spiro atoms. The number of hydrogen-bond donors (Lipinski definition) is 1. The van der Waals surface area contributed by atoms with E-state index in [1.807, 2.05) is 59.0 Å². The van der Waals surface area contributed by atoms with Crippen molar-refractivity contribution in [2.24, 2.45) is 0 Å². The summed E-state index contributed by atoms with van der Waals surface area (Å²) in [5.41, 5.74) is 1.24. The van der Waals surface area contributed by atoms with Crippen LogP contribution in [-0.2, 0) is 21.5 Å². The molecule has 1 N–H and O–H groups in total. The number of ether oxygens (including phenoxy) is 1. The second kappa shape index (κ2) is 11.4. The van der Waals surface area contributed by atoms with E-state index in [0.717, 1.165) is 5.56 Å². The molecule has 10 heteroatoms. The van der Waals surface area contributed by atoms with Crippen molar-refractivity contribution < 1.29 is 22.1 Å². The first-order valence-electron chi connectivity index (χ1n) is 9.75. The zero-order valence-electron chi connectivity index (χ0n) is 17.8. The molecule has 7 nitrogen and oxygen atoms in total. The number of hydrogen-bond acceptors (Lipinski definition) is 6. The van der Waals surface area contributed by atoms with Crippen LogP contribution in [0.4, 0.5) is 0 Å². The molecule has 0 atom stereocenters. The number of nitriles is 1. The van der Waals surface area contributed by atoms with Gasteiger partial charge in [-0.1, -0.05) is 41.9 Å². The van der Waals surface area contributed by atoms with Crippen LogP contribution < -0.4 is 14.2 Å². The summed E-state index contributed by atoms with van der Waals surface area (Å²) in [5, 5.41) is 12.6. The third-order valence-corrected chi connectivity index (χ3v) is 6.81. The number of nitrogens with zero attached hydrogens (tertiary/aromatic N) is 1. The lowest BCUT2D eigenvalue weighted by atomic mass is 10.1. The van der Waals surface area contributed by atoms with E-state index in [2.05, 4.69) is 5.32 Å². The molecule has 0 aliphatic carbocycles. The van der Waals surface area contributed by atoms with Gasteiger partial charge in [-0.3, -0.25) is 4.79 Å². The summed E-state index contributed by atoms with van der Waals surface area (Å²) in [6, 6.07) is 19.8. The second-order valence-corrected chi connectivity index (χ2v) is 10.0. The zero-order valence-corrected chi connectivity index (χ0v) is 21.5. The Bertz CT molecular complexity index is 1370. The Morgan fingerprint density at radius 2 is 1.82 bits per heavy atom. The minimum absolute atomic E-state index is 0.0118. The summed E-state index contributed by atoms with van der Waals surface area (Å²) in [6.45, 7) is 0.273. The van der Waals surface area contributed by atoms with Crippen molar-refractivity contribution >= 4 is 56.3 Å². The predicted molar refractivity (Wildman–Crippen MR) is 137 cm³/mol. The number of halogens is 2. The van der Waals surface area contributed by atoms with E-state index in [0.29, 0.717) is 14.2 Å². The van der Waals surface area contributed by atoms with E-state index in [1.54, 1.807) is 6.07 Å². The monoisotopic (exact) mass is 608 g/mol. The van der Waals surface area contributed by atoms with Crippen LogP contribution >= 0.6 is 34.2 Å². The summed E-state index contributed by atoms with van der Waals surface area (Å²) in [5.74, 6) is -0.425. The van der Waals surface area contributed by atoms with E-state index in [1.165, 1.54) is 43.5 Å². The van der Waals surface area contributed by atoms with Gasteiger partial charge in [-0.05, 0) is 76.2 Å². The molecule has 0 aliphatic rings. The van der Waals surface area contributed by atoms with Gasteiger partial charge in [-0.25, -0.2) is 0 Å². The number of amides is 1. The fourth-order valence-electron chi connectivity index (χ4n) is 2.85. The van der Waals surface area contributed by atoms with E-state index in [-0.39, 0.29) is 28.5 Å². The van der Waals surface area contributed by atoms with Crippen LogP contribution in [0.15, 0.2) is 77.2 Å². The van der Waals surface area contributed by atoms with Gasteiger partial charge in [0.25, 0.3) is 5.91 Å². The minimum atomic E-state index is -4.15. The summed E-state index contributed by atoms with van der Waals surface area (Å²) in [4.78, 5) is 12.4. The third kappa shape index (κ3) is 6.50. The normalized spacial score (nSPS) is 11.4. The molecule has 0 saturated heterocycles. The summed E-state index contributed by atoms with van der Waals surface area (Å²) in [7, 11) is -2.79. The van der Waals surface area contributed by atoms with Gasteiger partial charge in [0.1, 0.15) is 16.5 Å². The van der Waals surface area contributed by atoms with Gasteiger partial charge in [0.15, 0.2) is 11.5 Å². The number of rotatable bonds is 8. The highest BCUT2D eigenvalue weighted by Gasteiger charge is 2.22. The van der Waals surface area contributed by atoms with E-state index in [4.69, 9.17) is 20.5 Å². The quantitative estimate of drug-likeness (QED) is 0.168. The molecule has 0 aliphatic heterocycles. The van der Waals surface area contributed by atoms with Crippen molar-refractivity contribution in [2.45, 2.75) is 11.4 Å². The van der Waals surface area contributed by atoms with Gasteiger partial charge in [0.2, 0.25) is 0 Å². The Labute approximate surface area is 216 Å². The highest BCUT2D eigenvalue weighted by atomic mass is 127. The fourth-order valence-corrected chi connectivity index (χ4v) is 4.82. The molecule has 34 heavy (non-hydrogen) atoms. The molecule has 0 radical (unpaired) electrons. The largest absolute Gasteiger partial charge is 0.493 e. The highest BCUT2D eigenvalue weighted by molar-refractivity contribution is 14.1. The molecule has 0 bridgehead atoms. The molecule has 3 aromatic rings. The minimum Gasteiger partial charge on any atom is -0.493 e. The molecule has 0 heterocycles. The van der Waals surface area contributed by atoms with Crippen LogP contribution in [0.25, 0.3) is 6.08 Å². The second-order valence-electron chi connectivity index (χ2n) is 6.86. The van der Waals surface area contributed by atoms with Crippen molar-refractivity contribution in [3.05, 3.63) is 92.0 Å². The van der Waals surface area contributed by atoms with Gasteiger partial charge < -0.3 is 14.2 Å². The Hall–Kier alpha value is -3.07. The Kier molecular flexibility index (Phi) is 8.55. The summed E-state index contributed by atoms with van der Waals surface area (Å²) < 4.78 is 36.4. The molecule has 174 valence electrons. The molecule has 0 unspecified atom stereocenters. The van der Waals surface area contributed by atoms with E-state index in [9.17, 15) is 18.5 Å². The smallest absolute Gasteiger partial charge is 0.339 e. The van der Waals surface area contributed by atoms with Crippen molar-refractivity contribution in [1.82, 2.24) is 5.32 Å². The van der Waals surface area contributed by atoms with Crippen molar-refractivity contribution in [3.63, 3.8) is 0 Å². The number of benzene rings is 3. The van der Waals surface area contributed by atoms with Crippen LogP contribution in [0.2, 0.25) is 5.02 Å². The summed E-state index contributed by atoms with van der Waals surface area (Å²) in [6.07, 6.45) is 1.39. The molecule has 0 aromatic heterocycles. The standard InChI is InChI=1S/C24H18ClIN2O5S/c1-32-22-13-17(11-18(14-27)24(29)28-15-16-5-3-2-4-6-16)12-21(26)23(22)33-34(30,31)20-9-7-19(25)8-10-20/h2-13H,15H2,1H3,(H,28,29)/b18-11+. The Morgan fingerprint density at radius 1 is 1.15 bits per heavy atom. The average Bonchev–Trinajstić information content (AvgIpc) is 2.83. The van der Waals surface area contributed by atoms with Crippen molar-refractivity contribution in [2.75, 3.05) is 7.11 Å². The lowest BCUT2D eigenvalue weighted by Crippen LogP contribution is -2.23. The van der Waals surface area contributed by atoms with Gasteiger partial charge in [0.05, 0.1) is 10.7 Å². The maximum absolute atomic E-state index is 12.7. The Balaban J connectivity index is 1.85. The molecular weight excluding hydrogens is 591 g/mol. The molecule has 3 aromatic carbocycles. The third-order valence-electron chi connectivity index (χ3n) is 4.52. The number of nitrogens with one attached hydrogen (secondary N) is 1. The molecule has 0 saturated carbocycles. The SMILES string of the molecule is COc1cc(/C=C(\C#N)C(=O)NCc2ccccc2)cc(I)c1OS(=O)(=O)c1ccc(Cl)cc1.